The van der Waals surface area contributed by atoms with Gasteiger partial charge in [-0.15, -0.1) is 0 Å². The van der Waals surface area contributed by atoms with Gasteiger partial charge in [-0.3, -0.25) is 9.59 Å². The van der Waals surface area contributed by atoms with Gasteiger partial charge in [-0.1, -0.05) is 6.07 Å². The van der Waals surface area contributed by atoms with Crippen molar-refractivity contribution in [2.24, 2.45) is 5.92 Å². The zero-order chi connectivity index (χ0) is 18.4. The molecule has 0 spiro atoms. The van der Waals surface area contributed by atoms with Gasteiger partial charge in [0.15, 0.2) is 0 Å². The third-order valence-corrected chi connectivity index (χ3v) is 4.94. The summed E-state index contributed by atoms with van der Waals surface area (Å²) in [4.78, 5) is 25.5. The molecule has 5 nitrogen and oxygen atoms in total. The van der Waals surface area contributed by atoms with Crippen LogP contribution in [-0.4, -0.2) is 43.0 Å². The van der Waals surface area contributed by atoms with E-state index in [2.05, 4.69) is 31.3 Å². The largest absolute Gasteiger partial charge is 0.494 e. The average molecular weight is 346 g/mol. The number of aryl methyl sites for hydroxylation is 2. The van der Waals surface area contributed by atoms with E-state index in [-0.39, 0.29) is 17.7 Å². The van der Waals surface area contributed by atoms with E-state index in [1.807, 2.05) is 11.8 Å². The molecule has 0 saturated carbocycles. The van der Waals surface area contributed by atoms with Gasteiger partial charge in [-0.25, -0.2) is 0 Å². The van der Waals surface area contributed by atoms with Crippen LogP contribution in [-0.2, 0) is 16.0 Å². The lowest BCUT2D eigenvalue weighted by Crippen LogP contribution is -2.42. The van der Waals surface area contributed by atoms with Crippen LogP contribution in [0.25, 0.3) is 0 Å². The SMILES string of the molecule is CCOc1cc(C)c(CCNC(=O)C2CCN(C(C)=O)CC2)cc1C. The number of rotatable bonds is 6. The highest BCUT2D eigenvalue weighted by atomic mass is 16.5. The highest BCUT2D eigenvalue weighted by Crippen LogP contribution is 2.23. The van der Waals surface area contributed by atoms with Gasteiger partial charge in [0, 0.05) is 32.5 Å². The number of amides is 2. The number of carbonyl (C=O) groups excluding carboxylic acids is 2. The van der Waals surface area contributed by atoms with Crippen molar-refractivity contribution >= 4 is 11.8 Å². The second-order valence-corrected chi connectivity index (χ2v) is 6.80. The number of likely N-dealkylation sites (tertiary alicyclic amines) is 1. The van der Waals surface area contributed by atoms with Crippen molar-refractivity contribution in [3.05, 3.63) is 28.8 Å². The van der Waals surface area contributed by atoms with Crippen molar-refractivity contribution in [1.82, 2.24) is 10.2 Å². The van der Waals surface area contributed by atoms with Crippen LogP contribution in [0.15, 0.2) is 12.1 Å². The molecule has 2 amide bonds. The molecular formula is C20H30N2O3. The molecule has 5 heteroatoms. The Labute approximate surface area is 150 Å². The van der Waals surface area contributed by atoms with Gasteiger partial charge in [-0.2, -0.15) is 0 Å². The van der Waals surface area contributed by atoms with Gasteiger partial charge in [0.05, 0.1) is 6.61 Å². The molecule has 138 valence electrons. The Kier molecular flexibility index (Phi) is 6.85. The first-order chi connectivity index (χ1) is 11.9. The van der Waals surface area contributed by atoms with Crippen LogP contribution < -0.4 is 10.1 Å². The number of ether oxygens (including phenoxy) is 1. The van der Waals surface area contributed by atoms with Crippen molar-refractivity contribution in [2.45, 2.75) is 47.0 Å². The van der Waals surface area contributed by atoms with Crippen LogP contribution in [0.2, 0.25) is 0 Å². The predicted molar refractivity (Wildman–Crippen MR) is 98.8 cm³/mol. The molecule has 0 bridgehead atoms. The van der Waals surface area contributed by atoms with Crippen molar-refractivity contribution in [1.29, 1.82) is 0 Å². The van der Waals surface area contributed by atoms with Gasteiger partial charge in [0.25, 0.3) is 0 Å². The minimum Gasteiger partial charge on any atom is -0.494 e. The standard InChI is InChI=1S/C20H30N2O3/c1-5-25-19-13-14(2)18(12-15(19)3)6-9-21-20(24)17-7-10-22(11-8-17)16(4)23/h12-13,17H,5-11H2,1-4H3,(H,21,24). The average Bonchev–Trinajstić information content (AvgIpc) is 2.59. The highest BCUT2D eigenvalue weighted by Gasteiger charge is 2.25. The topological polar surface area (TPSA) is 58.6 Å². The van der Waals surface area contributed by atoms with Crippen molar-refractivity contribution in [3.63, 3.8) is 0 Å². The lowest BCUT2D eigenvalue weighted by molar-refractivity contribution is -0.133. The quantitative estimate of drug-likeness (QED) is 0.861. The van der Waals surface area contributed by atoms with E-state index in [4.69, 9.17) is 4.74 Å². The Bertz CT molecular complexity index is 620. The number of benzene rings is 1. The van der Waals surface area contributed by atoms with E-state index in [0.29, 0.717) is 26.2 Å². The monoisotopic (exact) mass is 346 g/mol. The van der Waals surface area contributed by atoms with E-state index in [1.165, 1.54) is 11.1 Å². The molecule has 1 N–H and O–H groups in total. The maximum atomic E-state index is 12.3. The van der Waals surface area contributed by atoms with Crippen LogP contribution in [0.5, 0.6) is 5.75 Å². The molecule has 1 aliphatic heterocycles. The second kappa shape index (κ2) is 8.88. The Hall–Kier alpha value is -2.04. The first-order valence-corrected chi connectivity index (χ1v) is 9.18. The summed E-state index contributed by atoms with van der Waals surface area (Å²) in [5.74, 6) is 1.17. The molecule has 1 saturated heterocycles. The molecular weight excluding hydrogens is 316 g/mol. The molecule has 25 heavy (non-hydrogen) atoms. The molecule has 1 aliphatic rings. The molecule has 0 atom stereocenters. The van der Waals surface area contributed by atoms with Gasteiger partial charge < -0.3 is 15.0 Å². The Balaban J connectivity index is 1.82. The van der Waals surface area contributed by atoms with Gasteiger partial charge in [0.1, 0.15) is 5.75 Å². The first kappa shape index (κ1) is 19.3. The molecule has 1 heterocycles. The molecule has 0 radical (unpaired) electrons. The normalized spacial score (nSPS) is 15.1. The minimum absolute atomic E-state index is 0.0266. The Morgan fingerprint density at radius 3 is 2.48 bits per heavy atom. The number of hydrogen-bond acceptors (Lipinski definition) is 3. The van der Waals surface area contributed by atoms with Gasteiger partial charge in [-0.05, 0) is 62.8 Å². The predicted octanol–water partition coefficient (Wildman–Crippen LogP) is 2.62. The smallest absolute Gasteiger partial charge is 0.223 e. The summed E-state index contributed by atoms with van der Waals surface area (Å²) < 4.78 is 5.62. The summed E-state index contributed by atoms with van der Waals surface area (Å²) in [7, 11) is 0. The minimum atomic E-state index is 0.0266. The summed E-state index contributed by atoms with van der Waals surface area (Å²) in [6.07, 6.45) is 2.33. The fourth-order valence-corrected chi connectivity index (χ4v) is 3.35. The van der Waals surface area contributed by atoms with Crippen LogP contribution in [0.4, 0.5) is 0 Å². The lowest BCUT2D eigenvalue weighted by Gasteiger charge is -2.30. The summed E-state index contributed by atoms with van der Waals surface area (Å²) in [5.41, 5.74) is 3.57. The van der Waals surface area contributed by atoms with Crippen molar-refractivity contribution in [3.8, 4) is 5.75 Å². The third kappa shape index (κ3) is 5.21. The molecule has 1 fully saturated rings. The third-order valence-electron chi connectivity index (χ3n) is 4.94. The number of nitrogens with one attached hydrogen (secondary N) is 1. The number of hydrogen-bond donors (Lipinski definition) is 1. The molecule has 2 rings (SSSR count). The maximum Gasteiger partial charge on any atom is 0.223 e. The maximum absolute atomic E-state index is 12.3. The molecule has 1 aromatic rings. The molecule has 1 aromatic carbocycles. The van der Waals surface area contributed by atoms with Crippen molar-refractivity contribution < 1.29 is 14.3 Å². The zero-order valence-electron chi connectivity index (χ0n) is 15.9. The van der Waals surface area contributed by atoms with Gasteiger partial charge in [0.2, 0.25) is 11.8 Å². The number of nitrogens with zero attached hydrogens (tertiary/aromatic N) is 1. The fourth-order valence-electron chi connectivity index (χ4n) is 3.35. The Morgan fingerprint density at radius 2 is 1.88 bits per heavy atom. The van der Waals surface area contributed by atoms with Gasteiger partial charge >= 0.3 is 0 Å². The van der Waals surface area contributed by atoms with E-state index < -0.39 is 0 Å². The van der Waals surface area contributed by atoms with E-state index in [1.54, 1.807) is 6.92 Å². The van der Waals surface area contributed by atoms with E-state index >= 15 is 0 Å². The lowest BCUT2D eigenvalue weighted by atomic mass is 9.95. The fraction of sp³-hybridized carbons (Fsp3) is 0.600. The first-order valence-electron chi connectivity index (χ1n) is 9.18. The summed E-state index contributed by atoms with van der Waals surface area (Å²) in [6.45, 7) is 10.4. The van der Waals surface area contributed by atoms with E-state index in [0.717, 1.165) is 30.6 Å². The zero-order valence-corrected chi connectivity index (χ0v) is 15.9. The number of carbonyl (C=O) groups is 2. The van der Waals surface area contributed by atoms with Crippen LogP contribution in [0, 0.1) is 19.8 Å². The van der Waals surface area contributed by atoms with Crippen molar-refractivity contribution in [2.75, 3.05) is 26.2 Å². The highest BCUT2D eigenvalue weighted by molar-refractivity contribution is 5.79. The summed E-state index contributed by atoms with van der Waals surface area (Å²) in [5, 5.41) is 3.06. The summed E-state index contributed by atoms with van der Waals surface area (Å²) >= 11 is 0. The summed E-state index contributed by atoms with van der Waals surface area (Å²) in [6, 6.07) is 4.23. The second-order valence-electron chi connectivity index (χ2n) is 6.80. The van der Waals surface area contributed by atoms with Crippen LogP contribution in [0.1, 0.15) is 43.4 Å². The number of piperidine rings is 1. The Morgan fingerprint density at radius 1 is 1.20 bits per heavy atom. The van der Waals surface area contributed by atoms with Crippen LogP contribution >= 0.6 is 0 Å². The molecule has 0 unspecified atom stereocenters. The van der Waals surface area contributed by atoms with E-state index in [9.17, 15) is 9.59 Å². The molecule has 0 aliphatic carbocycles. The molecule has 0 aromatic heterocycles. The van der Waals surface area contributed by atoms with Crippen LogP contribution in [0.3, 0.4) is 0 Å².